The van der Waals surface area contributed by atoms with Gasteiger partial charge in [0.2, 0.25) is 0 Å². The fourth-order valence-corrected chi connectivity index (χ4v) is 3.28. The van der Waals surface area contributed by atoms with Gasteiger partial charge in [0.05, 0.1) is 0 Å². The van der Waals surface area contributed by atoms with Crippen LogP contribution in [-0.4, -0.2) is 55.6 Å². The second-order valence-electron chi connectivity index (χ2n) is 6.60. The van der Waals surface area contributed by atoms with E-state index in [0.717, 1.165) is 12.6 Å². The Hall–Kier alpha value is -0.900. The van der Waals surface area contributed by atoms with E-state index in [4.69, 9.17) is 0 Å². The Morgan fingerprint density at radius 3 is 2.60 bits per heavy atom. The van der Waals surface area contributed by atoms with Crippen LogP contribution >= 0.6 is 0 Å². The van der Waals surface area contributed by atoms with Crippen molar-refractivity contribution < 1.29 is 0 Å². The molecule has 1 saturated heterocycles. The van der Waals surface area contributed by atoms with Gasteiger partial charge in [0.15, 0.2) is 0 Å². The van der Waals surface area contributed by atoms with Crippen molar-refractivity contribution >= 4 is 0 Å². The number of likely N-dealkylation sites (tertiary alicyclic amines) is 1. The second-order valence-corrected chi connectivity index (χ2v) is 6.60. The van der Waals surface area contributed by atoms with E-state index in [0.29, 0.717) is 12.1 Å². The van der Waals surface area contributed by atoms with Crippen LogP contribution in [0.2, 0.25) is 0 Å². The van der Waals surface area contributed by atoms with Gasteiger partial charge in [0.1, 0.15) is 0 Å². The van der Waals surface area contributed by atoms with Crippen LogP contribution in [0.25, 0.3) is 0 Å². The summed E-state index contributed by atoms with van der Waals surface area (Å²) in [7, 11) is 4.31. The summed E-state index contributed by atoms with van der Waals surface area (Å²) in [5.41, 5.74) is 1.41. The molecule has 20 heavy (non-hydrogen) atoms. The Balaban J connectivity index is 1.61. The summed E-state index contributed by atoms with van der Waals surface area (Å²) < 4.78 is 0. The summed E-state index contributed by atoms with van der Waals surface area (Å²) >= 11 is 0. The highest BCUT2D eigenvalue weighted by atomic mass is 15.2. The van der Waals surface area contributed by atoms with Crippen molar-refractivity contribution in [3.8, 4) is 0 Å². The lowest BCUT2D eigenvalue weighted by Gasteiger charge is -2.26. The van der Waals surface area contributed by atoms with Crippen molar-refractivity contribution in [3.05, 3.63) is 35.9 Å². The largest absolute Gasteiger partial charge is 0.308 e. The van der Waals surface area contributed by atoms with Crippen molar-refractivity contribution in [1.82, 2.24) is 15.1 Å². The fourth-order valence-electron chi connectivity index (χ4n) is 3.28. The lowest BCUT2D eigenvalue weighted by Crippen LogP contribution is -2.39. The van der Waals surface area contributed by atoms with Gasteiger partial charge in [-0.15, -0.1) is 0 Å². The first-order valence-corrected chi connectivity index (χ1v) is 7.92. The molecule has 1 aliphatic heterocycles. The molecular weight excluding hydrogens is 246 g/mol. The molecule has 2 aliphatic rings. The molecule has 2 fully saturated rings. The summed E-state index contributed by atoms with van der Waals surface area (Å²) in [6.45, 7) is 3.58. The minimum atomic E-state index is 0.440. The quantitative estimate of drug-likeness (QED) is 0.856. The highest BCUT2D eigenvalue weighted by molar-refractivity contribution is 5.19. The molecular formula is C17H27N3. The molecule has 1 saturated carbocycles. The summed E-state index contributed by atoms with van der Waals surface area (Å²) in [5.74, 6) is 0. The van der Waals surface area contributed by atoms with E-state index < -0.39 is 0 Å². The molecule has 1 aromatic carbocycles. The third-order valence-electron chi connectivity index (χ3n) is 4.47. The first-order chi connectivity index (χ1) is 9.72. The lowest BCUT2D eigenvalue weighted by atomic mass is 10.1. The number of benzene rings is 1. The summed E-state index contributed by atoms with van der Waals surface area (Å²) in [6.07, 6.45) is 4.15. The first-order valence-electron chi connectivity index (χ1n) is 7.92. The molecule has 1 heterocycles. The van der Waals surface area contributed by atoms with Crippen LogP contribution in [0.3, 0.4) is 0 Å². The van der Waals surface area contributed by atoms with E-state index >= 15 is 0 Å². The van der Waals surface area contributed by atoms with Gasteiger partial charge in [-0.3, -0.25) is 4.90 Å². The molecule has 0 radical (unpaired) electrons. The zero-order valence-electron chi connectivity index (χ0n) is 12.8. The maximum absolute atomic E-state index is 3.89. The first kappa shape index (κ1) is 14.1. The van der Waals surface area contributed by atoms with E-state index in [-0.39, 0.29) is 0 Å². The van der Waals surface area contributed by atoms with Gasteiger partial charge >= 0.3 is 0 Å². The standard InChI is InChI=1S/C17H27N3/c1-19(2)13-17(14-6-4-3-5-7-14)18-15-10-11-20(12-15)16-8-9-16/h3-7,15-18H,8-13H2,1-2H3. The molecule has 3 heteroatoms. The molecule has 110 valence electrons. The minimum absolute atomic E-state index is 0.440. The molecule has 1 aromatic rings. The molecule has 2 unspecified atom stereocenters. The predicted molar refractivity (Wildman–Crippen MR) is 83.9 cm³/mol. The van der Waals surface area contributed by atoms with E-state index in [1.54, 1.807) is 0 Å². The maximum atomic E-state index is 3.89. The molecule has 1 aliphatic carbocycles. The van der Waals surface area contributed by atoms with Gasteiger partial charge < -0.3 is 10.2 Å². The summed E-state index contributed by atoms with van der Waals surface area (Å²) in [6, 6.07) is 12.9. The van der Waals surface area contributed by atoms with E-state index in [9.17, 15) is 0 Å². The van der Waals surface area contributed by atoms with Crippen LogP contribution in [0.1, 0.15) is 30.9 Å². The van der Waals surface area contributed by atoms with Crippen LogP contribution in [0.5, 0.6) is 0 Å². The van der Waals surface area contributed by atoms with E-state index in [2.05, 4.69) is 59.5 Å². The molecule has 0 bridgehead atoms. The van der Waals surface area contributed by atoms with Gasteiger partial charge in [-0.25, -0.2) is 0 Å². The molecule has 1 N–H and O–H groups in total. The van der Waals surface area contributed by atoms with Gasteiger partial charge in [-0.2, -0.15) is 0 Å². The van der Waals surface area contributed by atoms with Crippen molar-refractivity contribution in [2.75, 3.05) is 33.7 Å². The van der Waals surface area contributed by atoms with Gasteiger partial charge in [0.25, 0.3) is 0 Å². The maximum Gasteiger partial charge on any atom is 0.0451 e. The van der Waals surface area contributed by atoms with Crippen LogP contribution in [0.15, 0.2) is 30.3 Å². The number of hydrogen-bond acceptors (Lipinski definition) is 3. The summed E-state index contributed by atoms with van der Waals surface area (Å²) in [4.78, 5) is 4.95. The average molecular weight is 273 g/mol. The number of rotatable bonds is 6. The topological polar surface area (TPSA) is 18.5 Å². The minimum Gasteiger partial charge on any atom is -0.308 e. The Kier molecular flexibility index (Phi) is 4.39. The Labute approximate surface area is 123 Å². The predicted octanol–water partition coefficient (Wildman–Crippen LogP) is 2.12. The molecule has 3 rings (SSSR count). The fraction of sp³-hybridized carbons (Fsp3) is 0.647. The Morgan fingerprint density at radius 1 is 1.20 bits per heavy atom. The van der Waals surface area contributed by atoms with Crippen LogP contribution in [0.4, 0.5) is 0 Å². The zero-order chi connectivity index (χ0) is 13.9. The van der Waals surface area contributed by atoms with Gasteiger partial charge in [-0.1, -0.05) is 30.3 Å². The lowest BCUT2D eigenvalue weighted by molar-refractivity contribution is 0.294. The number of nitrogens with one attached hydrogen (secondary N) is 1. The number of hydrogen-bond donors (Lipinski definition) is 1. The average Bonchev–Trinajstić information content (AvgIpc) is 3.19. The number of nitrogens with zero attached hydrogens (tertiary/aromatic N) is 2. The molecule has 3 nitrogen and oxygen atoms in total. The van der Waals surface area contributed by atoms with Gasteiger partial charge in [0, 0.05) is 37.8 Å². The molecule has 0 amide bonds. The number of likely N-dealkylation sites (N-methyl/N-ethyl adjacent to an activating group) is 1. The third-order valence-corrected chi connectivity index (χ3v) is 4.47. The third kappa shape index (κ3) is 3.60. The zero-order valence-corrected chi connectivity index (χ0v) is 12.8. The SMILES string of the molecule is CN(C)CC(NC1CCN(C2CC2)C1)c1ccccc1. The highest BCUT2D eigenvalue weighted by Crippen LogP contribution is 2.30. The highest BCUT2D eigenvalue weighted by Gasteiger charge is 2.34. The van der Waals surface area contributed by atoms with E-state index in [1.165, 1.54) is 37.9 Å². The van der Waals surface area contributed by atoms with Crippen molar-refractivity contribution in [1.29, 1.82) is 0 Å². The molecule has 0 spiro atoms. The van der Waals surface area contributed by atoms with E-state index in [1.807, 2.05) is 0 Å². The molecule has 0 aromatic heterocycles. The summed E-state index contributed by atoms with van der Waals surface area (Å²) in [5, 5.41) is 3.89. The Morgan fingerprint density at radius 2 is 1.95 bits per heavy atom. The monoisotopic (exact) mass is 273 g/mol. The smallest absolute Gasteiger partial charge is 0.0451 e. The van der Waals surface area contributed by atoms with Crippen LogP contribution < -0.4 is 5.32 Å². The second kappa shape index (κ2) is 6.25. The van der Waals surface area contributed by atoms with Crippen LogP contribution in [-0.2, 0) is 0 Å². The van der Waals surface area contributed by atoms with Crippen molar-refractivity contribution in [3.63, 3.8) is 0 Å². The van der Waals surface area contributed by atoms with Crippen molar-refractivity contribution in [2.45, 2.75) is 37.4 Å². The normalized spacial score (nSPS) is 25.2. The molecule has 2 atom stereocenters. The van der Waals surface area contributed by atoms with Gasteiger partial charge in [-0.05, 0) is 38.9 Å². The van der Waals surface area contributed by atoms with Crippen molar-refractivity contribution in [2.24, 2.45) is 0 Å². The Bertz CT molecular complexity index is 414. The van der Waals surface area contributed by atoms with Crippen LogP contribution in [0, 0.1) is 0 Å².